The van der Waals surface area contributed by atoms with E-state index in [0.717, 1.165) is 18.2 Å². The molecule has 0 aromatic heterocycles. The smallest absolute Gasteiger partial charge is 0.312 e. The van der Waals surface area contributed by atoms with Crippen LogP contribution < -0.4 is 5.73 Å². The first-order chi connectivity index (χ1) is 7.47. The van der Waals surface area contributed by atoms with Crippen LogP contribution in [0.1, 0.15) is 23.5 Å². The lowest BCUT2D eigenvalue weighted by Crippen LogP contribution is -2.21. The Morgan fingerprint density at radius 3 is 2.44 bits per heavy atom. The minimum absolute atomic E-state index is 0.0411. The van der Waals surface area contributed by atoms with Crippen molar-refractivity contribution in [3.8, 4) is 5.75 Å². The van der Waals surface area contributed by atoms with Crippen LogP contribution in [0.3, 0.4) is 0 Å². The number of alkyl halides is 2. The van der Waals surface area contributed by atoms with Crippen molar-refractivity contribution in [3.63, 3.8) is 0 Å². The molecule has 0 spiro atoms. The van der Waals surface area contributed by atoms with Gasteiger partial charge in [0.25, 0.3) is 6.43 Å². The van der Waals surface area contributed by atoms with E-state index in [2.05, 4.69) is 0 Å². The van der Waals surface area contributed by atoms with Crippen LogP contribution in [0.2, 0.25) is 0 Å². The summed E-state index contributed by atoms with van der Waals surface area (Å²) >= 11 is 0. The molecule has 1 atom stereocenters. The van der Waals surface area contributed by atoms with Gasteiger partial charge in [0.1, 0.15) is 5.75 Å². The molecule has 4 nitrogen and oxygen atoms in total. The zero-order valence-electron chi connectivity index (χ0n) is 8.23. The summed E-state index contributed by atoms with van der Waals surface area (Å²) in [6.07, 6.45) is -2.71. The molecule has 0 amide bonds. The van der Waals surface area contributed by atoms with Gasteiger partial charge in [0.15, 0.2) is 0 Å². The SMILES string of the molecule is NCC(C(=O)O)c1ccc(C(F)F)cc1O. The van der Waals surface area contributed by atoms with Gasteiger partial charge in [0.2, 0.25) is 0 Å². The second-order valence-electron chi connectivity index (χ2n) is 3.25. The molecule has 1 aromatic rings. The lowest BCUT2D eigenvalue weighted by atomic mass is 9.97. The summed E-state index contributed by atoms with van der Waals surface area (Å²) in [5, 5.41) is 18.2. The molecular formula is C10H11F2NO3. The normalized spacial score (nSPS) is 12.8. The van der Waals surface area contributed by atoms with Gasteiger partial charge < -0.3 is 15.9 Å². The molecule has 0 fully saturated rings. The van der Waals surface area contributed by atoms with Gasteiger partial charge in [0, 0.05) is 17.7 Å². The second-order valence-corrected chi connectivity index (χ2v) is 3.25. The Hall–Kier alpha value is -1.69. The van der Waals surface area contributed by atoms with Crippen LogP contribution in [0, 0.1) is 0 Å². The number of carboxylic acid groups (broad SMARTS) is 1. The third-order valence-corrected chi connectivity index (χ3v) is 2.22. The number of carboxylic acids is 1. The van der Waals surface area contributed by atoms with Crippen LogP contribution in [-0.4, -0.2) is 22.7 Å². The van der Waals surface area contributed by atoms with Gasteiger partial charge in [-0.05, 0) is 6.07 Å². The summed E-state index contributed by atoms with van der Waals surface area (Å²) in [4.78, 5) is 10.8. The fourth-order valence-corrected chi connectivity index (χ4v) is 1.35. The highest BCUT2D eigenvalue weighted by Gasteiger charge is 2.22. The predicted octanol–water partition coefficient (Wildman–Crippen LogP) is 1.46. The van der Waals surface area contributed by atoms with E-state index in [4.69, 9.17) is 10.8 Å². The van der Waals surface area contributed by atoms with E-state index >= 15 is 0 Å². The van der Waals surface area contributed by atoms with Crippen molar-refractivity contribution in [1.82, 2.24) is 0 Å². The first-order valence-corrected chi connectivity index (χ1v) is 4.51. The zero-order valence-corrected chi connectivity index (χ0v) is 8.23. The molecule has 0 heterocycles. The Labute approximate surface area is 90.3 Å². The standard InChI is InChI=1S/C10H11F2NO3/c11-9(12)5-1-2-6(8(14)3-5)7(4-13)10(15)16/h1-3,7,9,14H,4,13H2,(H,15,16). The van der Waals surface area contributed by atoms with Gasteiger partial charge in [0.05, 0.1) is 5.92 Å². The van der Waals surface area contributed by atoms with Crippen molar-refractivity contribution in [2.24, 2.45) is 5.73 Å². The van der Waals surface area contributed by atoms with Crippen molar-refractivity contribution in [3.05, 3.63) is 29.3 Å². The van der Waals surface area contributed by atoms with E-state index < -0.39 is 24.1 Å². The van der Waals surface area contributed by atoms with Crippen molar-refractivity contribution in [2.75, 3.05) is 6.54 Å². The quantitative estimate of drug-likeness (QED) is 0.732. The lowest BCUT2D eigenvalue weighted by Gasteiger charge is -2.12. The summed E-state index contributed by atoms with van der Waals surface area (Å²) in [6.45, 7) is -0.211. The third-order valence-electron chi connectivity index (χ3n) is 2.22. The van der Waals surface area contributed by atoms with Gasteiger partial charge in [-0.2, -0.15) is 0 Å². The van der Waals surface area contributed by atoms with E-state index in [1.807, 2.05) is 0 Å². The molecule has 1 unspecified atom stereocenters. The monoisotopic (exact) mass is 231 g/mol. The molecule has 0 saturated carbocycles. The van der Waals surface area contributed by atoms with Crippen molar-refractivity contribution in [1.29, 1.82) is 0 Å². The number of aromatic hydroxyl groups is 1. The number of hydrogen-bond acceptors (Lipinski definition) is 3. The molecule has 88 valence electrons. The average Bonchev–Trinajstić information content (AvgIpc) is 2.20. The first-order valence-electron chi connectivity index (χ1n) is 4.51. The molecule has 0 radical (unpaired) electrons. The zero-order chi connectivity index (χ0) is 12.3. The molecule has 0 saturated heterocycles. The lowest BCUT2D eigenvalue weighted by molar-refractivity contribution is -0.138. The van der Waals surface area contributed by atoms with Crippen LogP contribution in [0.25, 0.3) is 0 Å². The highest BCUT2D eigenvalue weighted by atomic mass is 19.3. The third kappa shape index (κ3) is 2.46. The van der Waals surface area contributed by atoms with E-state index in [9.17, 15) is 18.7 Å². The number of rotatable bonds is 4. The number of phenols is 1. The highest BCUT2D eigenvalue weighted by Crippen LogP contribution is 2.30. The van der Waals surface area contributed by atoms with Crippen LogP contribution in [-0.2, 0) is 4.79 Å². The van der Waals surface area contributed by atoms with Crippen molar-refractivity contribution in [2.45, 2.75) is 12.3 Å². The first kappa shape index (κ1) is 12.4. The average molecular weight is 231 g/mol. The maximum atomic E-state index is 12.3. The minimum Gasteiger partial charge on any atom is -0.508 e. The molecule has 1 rings (SSSR count). The largest absolute Gasteiger partial charge is 0.508 e. The van der Waals surface area contributed by atoms with Crippen molar-refractivity contribution >= 4 is 5.97 Å². The van der Waals surface area contributed by atoms with Gasteiger partial charge in [-0.1, -0.05) is 12.1 Å². The van der Waals surface area contributed by atoms with Gasteiger partial charge >= 0.3 is 5.97 Å². The number of hydrogen-bond donors (Lipinski definition) is 3. The Bertz CT molecular complexity index is 396. The number of benzene rings is 1. The summed E-state index contributed by atoms with van der Waals surface area (Å²) in [5.41, 5.74) is 4.91. The van der Waals surface area contributed by atoms with E-state index in [1.54, 1.807) is 0 Å². The molecular weight excluding hydrogens is 220 g/mol. The molecule has 16 heavy (non-hydrogen) atoms. The van der Waals surface area contributed by atoms with Gasteiger partial charge in [-0.3, -0.25) is 4.79 Å². The Morgan fingerprint density at radius 2 is 2.06 bits per heavy atom. The Kier molecular flexibility index (Phi) is 3.78. The van der Waals surface area contributed by atoms with Crippen LogP contribution >= 0.6 is 0 Å². The van der Waals surface area contributed by atoms with E-state index in [1.165, 1.54) is 0 Å². The highest BCUT2D eigenvalue weighted by molar-refractivity contribution is 5.77. The molecule has 4 N–H and O–H groups in total. The number of carbonyl (C=O) groups is 1. The summed E-state index contributed by atoms with van der Waals surface area (Å²) in [7, 11) is 0. The summed E-state index contributed by atoms with van der Waals surface area (Å²) in [6, 6.07) is 3.08. The summed E-state index contributed by atoms with van der Waals surface area (Å²) < 4.78 is 24.5. The van der Waals surface area contributed by atoms with Crippen LogP contribution in [0.4, 0.5) is 8.78 Å². The van der Waals surface area contributed by atoms with E-state index in [-0.39, 0.29) is 17.7 Å². The number of halogens is 2. The van der Waals surface area contributed by atoms with Gasteiger partial charge in [-0.25, -0.2) is 8.78 Å². The van der Waals surface area contributed by atoms with E-state index in [0.29, 0.717) is 0 Å². The molecule has 1 aromatic carbocycles. The fourth-order valence-electron chi connectivity index (χ4n) is 1.35. The number of nitrogens with two attached hydrogens (primary N) is 1. The van der Waals surface area contributed by atoms with Crippen LogP contribution in [0.5, 0.6) is 5.75 Å². The molecule has 6 heteroatoms. The molecule has 0 aliphatic carbocycles. The molecule has 0 bridgehead atoms. The second kappa shape index (κ2) is 4.89. The minimum atomic E-state index is -2.71. The predicted molar refractivity (Wildman–Crippen MR) is 52.5 cm³/mol. The maximum absolute atomic E-state index is 12.3. The van der Waals surface area contributed by atoms with Crippen LogP contribution in [0.15, 0.2) is 18.2 Å². The molecule has 0 aliphatic heterocycles. The number of aliphatic carboxylic acids is 1. The fraction of sp³-hybridized carbons (Fsp3) is 0.300. The Balaban J connectivity index is 3.11. The molecule has 0 aliphatic rings. The topological polar surface area (TPSA) is 83.6 Å². The maximum Gasteiger partial charge on any atom is 0.312 e. The summed E-state index contributed by atoms with van der Waals surface area (Å²) in [5.74, 6) is -2.77. The number of phenolic OH excluding ortho intramolecular Hbond substituents is 1. The van der Waals surface area contributed by atoms with Gasteiger partial charge in [-0.15, -0.1) is 0 Å². The Morgan fingerprint density at radius 1 is 1.44 bits per heavy atom. The van der Waals surface area contributed by atoms with Crippen molar-refractivity contribution < 1.29 is 23.8 Å².